The number of rotatable bonds is 0. The number of ether oxygens (including phenoxy) is 2. The van der Waals surface area contributed by atoms with Gasteiger partial charge in [-0.25, -0.2) is 0 Å². The van der Waals surface area contributed by atoms with E-state index in [1.54, 1.807) is 0 Å². The molecule has 1 spiro atoms. The Bertz CT molecular complexity index is 224. The van der Waals surface area contributed by atoms with Crippen LogP contribution in [0, 0.1) is 5.41 Å². The minimum atomic E-state index is 0.359. The number of allylic oxidation sites excluding steroid dienone is 1. The molecule has 2 heterocycles. The predicted molar refractivity (Wildman–Crippen MR) is 44.9 cm³/mol. The van der Waals surface area contributed by atoms with Crippen molar-refractivity contribution < 1.29 is 9.47 Å². The molecular weight excluding hydrogens is 152 g/mol. The molecule has 2 aliphatic heterocycles. The topological polar surface area (TPSA) is 21.8 Å². The summed E-state index contributed by atoms with van der Waals surface area (Å²) in [4.78, 5) is 0. The molecular formula is C10H14O2. The van der Waals surface area contributed by atoms with E-state index in [-0.39, 0.29) is 0 Å². The smallest absolute Gasteiger partial charge is 0.0922 e. The van der Waals surface area contributed by atoms with Gasteiger partial charge in [-0.3, -0.25) is 0 Å². The Kier molecular flexibility index (Phi) is 1.38. The van der Waals surface area contributed by atoms with Crippen molar-refractivity contribution in [2.75, 3.05) is 13.2 Å². The van der Waals surface area contributed by atoms with Crippen molar-refractivity contribution in [3.63, 3.8) is 0 Å². The quantitative estimate of drug-likeness (QED) is 0.402. The summed E-state index contributed by atoms with van der Waals surface area (Å²) in [7, 11) is 0. The third-order valence-corrected chi connectivity index (χ3v) is 3.41. The maximum atomic E-state index is 5.59. The Balaban J connectivity index is 1.83. The van der Waals surface area contributed by atoms with Gasteiger partial charge in [0.25, 0.3) is 0 Å². The lowest BCUT2D eigenvalue weighted by Crippen LogP contribution is -2.29. The van der Waals surface area contributed by atoms with Crippen LogP contribution in [0.15, 0.2) is 12.2 Å². The summed E-state index contributed by atoms with van der Waals surface area (Å²) >= 11 is 0. The molecule has 3 unspecified atom stereocenters. The van der Waals surface area contributed by atoms with E-state index in [0.29, 0.717) is 17.6 Å². The second-order valence-electron chi connectivity index (χ2n) is 4.19. The van der Waals surface area contributed by atoms with E-state index in [9.17, 15) is 0 Å². The lowest BCUT2D eigenvalue weighted by molar-refractivity contribution is 0.0387. The van der Waals surface area contributed by atoms with Crippen molar-refractivity contribution in [3.8, 4) is 0 Å². The van der Waals surface area contributed by atoms with E-state index in [1.807, 2.05) is 0 Å². The summed E-state index contributed by atoms with van der Waals surface area (Å²) in [6.45, 7) is 1.69. The van der Waals surface area contributed by atoms with E-state index in [2.05, 4.69) is 12.2 Å². The van der Waals surface area contributed by atoms with Crippen LogP contribution in [0.2, 0.25) is 0 Å². The zero-order valence-electron chi connectivity index (χ0n) is 7.16. The first-order valence-corrected chi connectivity index (χ1v) is 4.79. The molecule has 66 valence electrons. The average Bonchev–Trinajstić information content (AvgIpc) is 2.78. The van der Waals surface area contributed by atoms with Gasteiger partial charge in [0.05, 0.1) is 25.4 Å². The van der Waals surface area contributed by atoms with Gasteiger partial charge < -0.3 is 9.47 Å². The first-order chi connectivity index (χ1) is 5.91. The molecule has 0 aromatic rings. The second-order valence-corrected chi connectivity index (χ2v) is 4.19. The molecule has 12 heavy (non-hydrogen) atoms. The Labute approximate surface area is 72.5 Å². The Hall–Kier alpha value is -0.340. The Morgan fingerprint density at radius 1 is 1.33 bits per heavy atom. The van der Waals surface area contributed by atoms with Crippen molar-refractivity contribution in [2.24, 2.45) is 5.41 Å². The highest BCUT2D eigenvalue weighted by atomic mass is 16.6. The van der Waals surface area contributed by atoms with Crippen molar-refractivity contribution in [1.29, 1.82) is 0 Å². The van der Waals surface area contributed by atoms with E-state index in [0.717, 1.165) is 19.6 Å². The monoisotopic (exact) mass is 166 g/mol. The van der Waals surface area contributed by atoms with Crippen LogP contribution in [-0.4, -0.2) is 25.4 Å². The van der Waals surface area contributed by atoms with Crippen LogP contribution < -0.4 is 0 Å². The van der Waals surface area contributed by atoms with Crippen LogP contribution in [0.1, 0.15) is 19.3 Å². The maximum Gasteiger partial charge on any atom is 0.0922 e. The van der Waals surface area contributed by atoms with Crippen molar-refractivity contribution >= 4 is 0 Å². The highest BCUT2D eigenvalue weighted by Gasteiger charge is 2.59. The molecule has 2 heteroatoms. The fraction of sp³-hybridized carbons (Fsp3) is 0.800. The minimum Gasteiger partial charge on any atom is -0.377 e. The lowest BCUT2D eigenvalue weighted by Gasteiger charge is -2.26. The molecule has 2 nitrogen and oxygen atoms in total. The predicted octanol–water partition coefficient (Wildman–Crippen LogP) is 1.51. The van der Waals surface area contributed by atoms with Crippen molar-refractivity contribution in [3.05, 3.63) is 12.2 Å². The molecule has 3 atom stereocenters. The van der Waals surface area contributed by atoms with Gasteiger partial charge in [-0.15, -0.1) is 0 Å². The first-order valence-electron chi connectivity index (χ1n) is 4.79. The van der Waals surface area contributed by atoms with Crippen LogP contribution in [0.3, 0.4) is 0 Å². The van der Waals surface area contributed by atoms with Gasteiger partial charge in [0.15, 0.2) is 0 Å². The standard InChI is InChI=1S/C10H14O2/c1-2-6-11-7-10(4-1)5-3-8-9(10)12-8/h1-2,8-9H,3-7H2. The largest absolute Gasteiger partial charge is 0.377 e. The molecule has 1 saturated heterocycles. The zero-order valence-corrected chi connectivity index (χ0v) is 7.16. The van der Waals surface area contributed by atoms with Crippen LogP contribution in [-0.2, 0) is 9.47 Å². The number of hydrogen-bond acceptors (Lipinski definition) is 2. The molecule has 0 aromatic carbocycles. The third-order valence-electron chi connectivity index (χ3n) is 3.41. The molecule has 3 aliphatic rings. The van der Waals surface area contributed by atoms with Crippen LogP contribution in [0.4, 0.5) is 0 Å². The minimum absolute atomic E-state index is 0.359. The Morgan fingerprint density at radius 2 is 2.33 bits per heavy atom. The molecule has 0 amide bonds. The van der Waals surface area contributed by atoms with E-state index in [1.165, 1.54) is 12.8 Å². The number of epoxide rings is 1. The van der Waals surface area contributed by atoms with Gasteiger partial charge in [0.2, 0.25) is 0 Å². The average molecular weight is 166 g/mol. The fourth-order valence-electron chi connectivity index (χ4n) is 2.62. The first kappa shape index (κ1) is 7.10. The summed E-state index contributed by atoms with van der Waals surface area (Å²) in [6.07, 6.45) is 9.21. The Morgan fingerprint density at radius 3 is 3.08 bits per heavy atom. The highest BCUT2D eigenvalue weighted by molar-refractivity contribution is 5.10. The summed E-state index contributed by atoms with van der Waals surface area (Å²) in [6, 6.07) is 0. The molecule has 0 bridgehead atoms. The third kappa shape index (κ3) is 0.882. The van der Waals surface area contributed by atoms with Gasteiger partial charge in [0, 0.05) is 5.41 Å². The van der Waals surface area contributed by atoms with E-state index in [4.69, 9.17) is 9.47 Å². The van der Waals surface area contributed by atoms with Gasteiger partial charge in [0.1, 0.15) is 0 Å². The number of fused-ring (bicyclic) bond motifs is 2. The van der Waals surface area contributed by atoms with Crippen LogP contribution >= 0.6 is 0 Å². The number of hydrogen-bond donors (Lipinski definition) is 0. The molecule has 0 radical (unpaired) electrons. The fourth-order valence-corrected chi connectivity index (χ4v) is 2.62. The molecule has 2 fully saturated rings. The molecule has 0 aromatic heterocycles. The molecule has 1 aliphatic carbocycles. The van der Waals surface area contributed by atoms with Crippen LogP contribution in [0.5, 0.6) is 0 Å². The van der Waals surface area contributed by atoms with Gasteiger partial charge in [-0.05, 0) is 19.3 Å². The summed E-state index contributed by atoms with van der Waals surface area (Å²) < 4.78 is 11.2. The van der Waals surface area contributed by atoms with Gasteiger partial charge in [-0.2, -0.15) is 0 Å². The molecule has 0 N–H and O–H groups in total. The normalized spacial score (nSPS) is 50.7. The lowest BCUT2D eigenvalue weighted by atomic mass is 9.83. The van der Waals surface area contributed by atoms with Gasteiger partial charge in [-0.1, -0.05) is 12.2 Å². The summed E-state index contributed by atoms with van der Waals surface area (Å²) in [5.41, 5.74) is 0.359. The highest BCUT2D eigenvalue weighted by Crippen LogP contribution is 2.54. The van der Waals surface area contributed by atoms with Gasteiger partial charge >= 0.3 is 0 Å². The van der Waals surface area contributed by atoms with Crippen molar-refractivity contribution in [2.45, 2.75) is 31.5 Å². The summed E-state index contributed by atoms with van der Waals surface area (Å²) in [5, 5.41) is 0. The summed E-state index contributed by atoms with van der Waals surface area (Å²) in [5.74, 6) is 0. The SMILES string of the molecule is C1=CCC2(CCC3OC32)COC1. The maximum absolute atomic E-state index is 5.59. The van der Waals surface area contributed by atoms with Crippen LogP contribution in [0.25, 0.3) is 0 Å². The van der Waals surface area contributed by atoms with E-state index >= 15 is 0 Å². The second kappa shape index (κ2) is 2.33. The molecule has 3 rings (SSSR count). The molecule has 1 saturated carbocycles. The van der Waals surface area contributed by atoms with Crippen molar-refractivity contribution in [1.82, 2.24) is 0 Å². The zero-order chi connectivity index (χ0) is 8.02. The van der Waals surface area contributed by atoms with E-state index < -0.39 is 0 Å².